The van der Waals surface area contributed by atoms with E-state index in [1.165, 1.54) is 12.1 Å². The number of carbonyl (C=O) groups excluding carboxylic acids is 2. The smallest absolute Gasteiger partial charge is 0.319 e. The van der Waals surface area contributed by atoms with Crippen molar-refractivity contribution in [3.63, 3.8) is 0 Å². The zero-order chi connectivity index (χ0) is 20.8. The Labute approximate surface area is 170 Å². The highest BCUT2D eigenvalue weighted by Crippen LogP contribution is 2.18. The van der Waals surface area contributed by atoms with Crippen LogP contribution in [0.1, 0.15) is 13.8 Å². The highest BCUT2D eigenvalue weighted by atomic mass is 19.1. The van der Waals surface area contributed by atoms with Gasteiger partial charge in [0.05, 0.1) is 0 Å². The summed E-state index contributed by atoms with van der Waals surface area (Å²) in [6.07, 6.45) is 0. The van der Waals surface area contributed by atoms with E-state index in [1.807, 2.05) is 32.0 Å². The van der Waals surface area contributed by atoms with Gasteiger partial charge in [-0.15, -0.1) is 0 Å². The zero-order valence-corrected chi connectivity index (χ0v) is 16.8. The number of benzene rings is 2. The van der Waals surface area contributed by atoms with E-state index in [-0.39, 0.29) is 17.6 Å². The summed E-state index contributed by atoms with van der Waals surface area (Å²) in [5.41, 5.74) is 1.62. The van der Waals surface area contributed by atoms with E-state index in [4.69, 9.17) is 0 Å². The Kier molecular flexibility index (Phi) is 6.69. The van der Waals surface area contributed by atoms with Gasteiger partial charge in [0.15, 0.2) is 0 Å². The molecule has 1 aliphatic rings. The molecule has 2 aromatic rings. The molecule has 1 atom stereocenters. The minimum absolute atomic E-state index is 0.0425. The van der Waals surface area contributed by atoms with Crippen LogP contribution in [-0.4, -0.2) is 49.1 Å². The van der Waals surface area contributed by atoms with Gasteiger partial charge in [0.25, 0.3) is 0 Å². The van der Waals surface area contributed by atoms with Crippen molar-refractivity contribution in [1.29, 1.82) is 0 Å². The summed E-state index contributed by atoms with van der Waals surface area (Å²) >= 11 is 0. The molecule has 0 radical (unpaired) electrons. The number of nitrogens with one attached hydrogen (secondary N) is 2. The van der Waals surface area contributed by atoms with Crippen LogP contribution in [0.5, 0.6) is 0 Å². The van der Waals surface area contributed by atoms with Crippen molar-refractivity contribution < 1.29 is 14.0 Å². The van der Waals surface area contributed by atoms with Crippen LogP contribution in [0.15, 0.2) is 54.6 Å². The Hall–Kier alpha value is -3.09. The molecule has 0 aromatic heterocycles. The normalized spacial score (nSPS) is 15.2. The SMILES string of the molecule is CC(C)[C@H](NC(=O)Nc1ccccc1)C(=O)N1CCN(c2ccc(F)cc2)CC1. The van der Waals surface area contributed by atoms with Crippen molar-refractivity contribution in [2.45, 2.75) is 19.9 Å². The standard InChI is InChI=1S/C22H27FN4O2/c1-16(2)20(25-22(29)24-18-6-4-3-5-7-18)21(28)27-14-12-26(13-15-27)19-10-8-17(23)9-11-19/h3-11,16,20H,12-15H2,1-2H3,(H2,24,25,29)/t20-/m0/s1. The Bertz CT molecular complexity index is 818. The highest BCUT2D eigenvalue weighted by Gasteiger charge is 2.30. The summed E-state index contributed by atoms with van der Waals surface area (Å²) in [7, 11) is 0. The molecule has 1 saturated heterocycles. The van der Waals surface area contributed by atoms with Crippen LogP contribution >= 0.6 is 0 Å². The fraction of sp³-hybridized carbons (Fsp3) is 0.364. The van der Waals surface area contributed by atoms with E-state index in [1.54, 1.807) is 29.2 Å². The number of carbonyl (C=O) groups is 2. The lowest BCUT2D eigenvalue weighted by Gasteiger charge is -2.38. The third kappa shape index (κ3) is 5.47. The molecule has 0 unspecified atom stereocenters. The number of amides is 3. The maximum atomic E-state index is 13.1. The number of hydrogen-bond donors (Lipinski definition) is 2. The predicted molar refractivity (Wildman–Crippen MR) is 112 cm³/mol. The van der Waals surface area contributed by atoms with Crippen LogP contribution in [0.4, 0.5) is 20.6 Å². The molecule has 154 valence electrons. The molecule has 3 rings (SSSR count). The van der Waals surface area contributed by atoms with E-state index in [0.29, 0.717) is 31.9 Å². The van der Waals surface area contributed by atoms with Crippen LogP contribution in [0.3, 0.4) is 0 Å². The number of urea groups is 1. The Morgan fingerprint density at radius 2 is 1.55 bits per heavy atom. The topological polar surface area (TPSA) is 64.7 Å². The summed E-state index contributed by atoms with van der Waals surface area (Å²) < 4.78 is 13.1. The van der Waals surface area contributed by atoms with Crippen LogP contribution in [0.2, 0.25) is 0 Å². The van der Waals surface area contributed by atoms with Crippen molar-refractivity contribution in [1.82, 2.24) is 10.2 Å². The van der Waals surface area contributed by atoms with Crippen molar-refractivity contribution in [3.8, 4) is 0 Å². The first kappa shape index (κ1) is 20.6. The first-order chi connectivity index (χ1) is 13.9. The van der Waals surface area contributed by atoms with Gasteiger partial charge < -0.3 is 20.4 Å². The molecule has 2 aromatic carbocycles. The quantitative estimate of drug-likeness (QED) is 0.812. The molecule has 0 aliphatic carbocycles. The van der Waals surface area contributed by atoms with Gasteiger partial charge in [0.2, 0.25) is 5.91 Å². The van der Waals surface area contributed by atoms with Crippen LogP contribution in [0, 0.1) is 11.7 Å². The molecular formula is C22H27FN4O2. The van der Waals surface area contributed by atoms with E-state index in [9.17, 15) is 14.0 Å². The van der Waals surface area contributed by atoms with Gasteiger partial charge in [0.1, 0.15) is 11.9 Å². The average Bonchev–Trinajstić information content (AvgIpc) is 2.73. The van der Waals surface area contributed by atoms with Crippen molar-refractivity contribution in [3.05, 3.63) is 60.4 Å². The molecule has 1 fully saturated rings. The first-order valence-electron chi connectivity index (χ1n) is 9.86. The fourth-order valence-electron chi connectivity index (χ4n) is 3.38. The molecule has 2 N–H and O–H groups in total. The van der Waals surface area contributed by atoms with Gasteiger partial charge >= 0.3 is 6.03 Å². The third-order valence-electron chi connectivity index (χ3n) is 5.03. The van der Waals surface area contributed by atoms with Gasteiger partial charge in [-0.05, 0) is 42.3 Å². The minimum atomic E-state index is -0.601. The molecule has 7 heteroatoms. The lowest BCUT2D eigenvalue weighted by molar-refractivity contribution is -0.134. The number of nitrogens with zero attached hydrogens (tertiary/aromatic N) is 2. The fourth-order valence-corrected chi connectivity index (χ4v) is 3.38. The molecule has 1 heterocycles. The van der Waals surface area contributed by atoms with E-state index in [2.05, 4.69) is 15.5 Å². The monoisotopic (exact) mass is 398 g/mol. The van der Waals surface area contributed by atoms with Crippen LogP contribution < -0.4 is 15.5 Å². The van der Waals surface area contributed by atoms with Gasteiger partial charge in [0, 0.05) is 37.6 Å². The number of piperazine rings is 1. The van der Waals surface area contributed by atoms with Crippen LogP contribution in [0.25, 0.3) is 0 Å². The Morgan fingerprint density at radius 1 is 0.931 bits per heavy atom. The van der Waals surface area contributed by atoms with E-state index in [0.717, 1.165) is 5.69 Å². The second-order valence-electron chi connectivity index (χ2n) is 7.47. The highest BCUT2D eigenvalue weighted by molar-refractivity contribution is 5.93. The lowest BCUT2D eigenvalue weighted by Crippen LogP contribution is -2.57. The van der Waals surface area contributed by atoms with Crippen LogP contribution in [-0.2, 0) is 4.79 Å². The van der Waals surface area contributed by atoms with Gasteiger partial charge in [-0.1, -0.05) is 32.0 Å². The van der Waals surface area contributed by atoms with Gasteiger partial charge in [-0.2, -0.15) is 0 Å². The molecule has 0 spiro atoms. The molecular weight excluding hydrogens is 371 g/mol. The summed E-state index contributed by atoms with van der Waals surface area (Å²) in [4.78, 5) is 29.3. The second kappa shape index (κ2) is 9.41. The summed E-state index contributed by atoms with van der Waals surface area (Å²) in [6, 6.07) is 14.5. The molecule has 29 heavy (non-hydrogen) atoms. The summed E-state index contributed by atoms with van der Waals surface area (Å²) in [5.74, 6) is -0.386. The number of hydrogen-bond acceptors (Lipinski definition) is 3. The molecule has 0 saturated carbocycles. The van der Waals surface area contributed by atoms with E-state index >= 15 is 0 Å². The molecule has 0 bridgehead atoms. The zero-order valence-electron chi connectivity index (χ0n) is 16.8. The Morgan fingerprint density at radius 3 is 2.14 bits per heavy atom. The molecule has 6 nitrogen and oxygen atoms in total. The maximum absolute atomic E-state index is 13.1. The largest absolute Gasteiger partial charge is 0.368 e. The van der Waals surface area contributed by atoms with Crippen molar-refractivity contribution >= 4 is 23.3 Å². The predicted octanol–water partition coefficient (Wildman–Crippen LogP) is 3.32. The Balaban J connectivity index is 1.56. The summed E-state index contributed by atoms with van der Waals surface area (Å²) in [6.45, 7) is 6.28. The van der Waals surface area contributed by atoms with Crippen molar-refractivity contribution in [2.75, 3.05) is 36.4 Å². The number of anilines is 2. The minimum Gasteiger partial charge on any atom is -0.368 e. The number of para-hydroxylation sites is 1. The third-order valence-corrected chi connectivity index (χ3v) is 5.03. The first-order valence-corrected chi connectivity index (χ1v) is 9.86. The van der Waals surface area contributed by atoms with Gasteiger partial charge in [-0.25, -0.2) is 9.18 Å². The molecule has 1 aliphatic heterocycles. The lowest BCUT2D eigenvalue weighted by atomic mass is 10.0. The van der Waals surface area contributed by atoms with E-state index < -0.39 is 12.1 Å². The summed E-state index contributed by atoms with van der Waals surface area (Å²) in [5, 5.41) is 5.57. The molecule has 3 amide bonds. The number of rotatable bonds is 5. The maximum Gasteiger partial charge on any atom is 0.319 e. The second-order valence-corrected chi connectivity index (χ2v) is 7.47. The van der Waals surface area contributed by atoms with Crippen molar-refractivity contribution in [2.24, 2.45) is 5.92 Å². The number of halogens is 1. The average molecular weight is 398 g/mol. The van der Waals surface area contributed by atoms with Gasteiger partial charge in [-0.3, -0.25) is 4.79 Å².